The number of aryl methyl sites for hydroxylation is 1. The molecule has 0 spiro atoms. The first kappa shape index (κ1) is 12.4. The molecule has 4 nitrogen and oxygen atoms in total. The standard InChI is InChI=1S/C13H12N4S/c1-9-7-12(17-13(18-2)15-8-14)10-5-3-4-6-11(10)16-9/h3-7H,1-2H3,(H,15,16,17). The van der Waals surface area contributed by atoms with Crippen LogP contribution in [0.15, 0.2) is 35.3 Å². The lowest BCUT2D eigenvalue weighted by molar-refractivity contribution is 1.24. The number of thioether (sulfide) groups is 1. The van der Waals surface area contributed by atoms with Crippen LogP contribution in [0.25, 0.3) is 10.9 Å². The Balaban J connectivity index is 2.60. The average molecular weight is 256 g/mol. The molecule has 0 saturated heterocycles. The lowest BCUT2D eigenvalue weighted by Crippen LogP contribution is -2.12. The summed E-state index contributed by atoms with van der Waals surface area (Å²) in [5.74, 6) is 0. The van der Waals surface area contributed by atoms with Crippen molar-refractivity contribution >= 4 is 33.5 Å². The van der Waals surface area contributed by atoms with E-state index >= 15 is 0 Å². The highest BCUT2D eigenvalue weighted by molar-refractivity contribution is 8.13. The van der Waals surface area contributed by atoms with Crippen LogP contribution in [0.2, 0.25) is 0 Å². The Morgan fingerprint density at radius 3 is 2.94 bits per heavy atom. The maximum atomic E-state index is 8.65. The summed E-state index contributed by atoms with van der Waals surface area (Å²) in [6.45, 7) is 1.93. The number of amidine groups is 1. The van der Waals surface area contributed by atoms with Gasteiger partial charge in [0.25, 0.3) is 0 Å². The quantitative estimate of drug-likeness (QED) is 0.369. The number of aliphatic imine (C=N–C) groups is 1. The lowest BCUT2D eigenvalue weighted by atomic mass is 10.1. The highest BCUT2D eigenvalue weighted by Gasteiger charge is 2.04. The Kier molecular flexibility index (Phi) is 3.80. The van der Waals surface area contributed by atoms with Gasteiger partial charge >= 0.3 is 0 Å². The molecule has 0 fully saturated rings. The first-order valence-electron chi connectivity index (χ1n) is 5.39. The number of rotatable bonds is 1. The van der Waals surface area contributed by atoms with Gasteiger partial charge in [0.05, 0.1) is 11.2 Å². The van der Waals surface area contributed by atoms with E-state index in [1.165, 1.54) is 11.8 Å². The summed E-state index contributed by atoms with van der Waals surface area (Å²) < 4.78 is 0. The maximum absolute atomic E-state index is 8.65. The van der Waals surface area contributed by atoms with Crippen LogP contribution in [0.5, 0.6) is 0 Å². The minimum atomic E-state index is 0.577. The zero-order chi connectivity index (χ0) is 13.0. The van der Waals surface area contributed by atoms with Crippen LogP contribution in [0.3, 0.4) is 0 Å². The Labute approximate surface area is 110 Å². The van der Waals surface area contributed by atoms with E-state index in [0.717, 1.165) is 22.3 Å². The van der Waals surface area contributed by atoms with Crippen molar-refractivity contribution in [2.75, 3.05) is 6.26 Å². The van der Waals surface area contributed by atoms with Crippen LogP contribution < -0.4 is 5.32 Å². The third-order valence-electron chi connectivity index (χ3n) is 2.40. The monoisotopic (exact) mass is 256 g/mol. The maximum Gasteiger partial charge on any atom is 0.183 e. The summed E-state index contributed by atoms with van der Waals surface area (Å²) in [7, 11) is 0. The third-order valence-corrected chi connectivity index (χ3v) is 2.98. The summed E-state index contributed by atoms with van der Waals surface area (Å²) in [6, 6.07) is 9.75. The fraction of sp³-hybridized carbons (Fsp3) is 0.154. The van der Waals surface area contributed by atoms with E-state index in [1.807, 2.05) is 49.7 Å². The van der Waals surface area contributed by atoms with Gasteiger partial charge in [0.1, 0.15) is 0 Å². The van der Waals surface area contributed by atoms with Gasteiger partial charge in [-0.2, -0.15) is 5.26 Å². The van der Waals surface area contributed by atoms with Crippen LogP contribution in [0.4, 0.5) is 5.69 Å². The molecule has 0 bridgehead atoms. The van der Waals surface area contributed by atoms with Crippen molar-refractivity contribution in [2.45, 2.75) is 6.92 Å². The number of pyridine rings is 1. The molecule has 2 aromatic rings. The van der Waals surface area contributed by atoms with E-state index in [4.69, 9.17) is 5.26 Å². The molecule has 90 valence electrons. The van der Waals surface area contributed by atoms with Gasteiger partial charge in [-0.25, -0.2) is 4.99 Å². The zero-order valence-corrected chi connectivity index (χ0v) is 11.0. The molecule has 1 heterocycles. The van der Waals surface area contributed by atoms with Crippen LogP contribution in [-0.2, 0) is 0 Å². The van der Waals surface area contributed by atoms with Gasteiger partial charge in [0.15, 0.2) is 11.4 Å². The summed E-state index contributed by atoms with van der Waals surface area (Å²) in [5.41, 5.74) is 2.64. The molecule has 1 N–H and O–H groups in total. The van der Waals surface area contributed by atoms with Crippen LogP contribution >= 0.6 is 11.8 Å². The molecule has 0 aliphatic heterocycles. The molecule has 0 aliphatic carbocycles. The Hall–Kier alpha value is -2.06. The minimum absolute atomic E-state index is 0.577. The number of para-hydroxylation sites is 1. The number of nitrogens with zero attached hydrogens (tertiary/aromatic N) is 3. The fourth-order valence-corrected chi connectivity index (χ4v) is 2.00. The fourth-order valence-electron chi connectivity index (χ4n) is 1.66. The van der Waals surface area contributed by atoms with Crippen molar-refractivity contribution in [3.63, 3.8) is 0 Å². The van der Waals surface area contributed by atoms with E-state index in [1.54, 1.807) is 0 Å². The Morgan fingerprint density at radius 2 is 2.22 bits per heavy atom. The largest absolute Gasteiger partial charge is 0.271 e. The third kappa shape index (κ3) is 2.60. The number of aromatic nitrogens is 1. The van der Waals surface area contributed by atoms with Gasteiger partial charge < -0.3 is 0 Å². The number of fused-ring (bicyclic) bond motifs is 1. The number of nitrogens with one attached hydrogen (secondary N) is 1. The molecule has 0 saturated carbocycles. The Morgan fingerprint density at radius 1 is 1.44 bits per heavy atom. The smallest absolute Gasteiger partial charge is 0.183 e. The second-order valence-electron chi connectivity index (χ2n) is 3.66. The van der Waals surface area contributed by atoms with Crippen molar-refractivity contribution in [3.8, 4) is 6.19 Å². The molecule has 5 heteroatoms. The van der Waals surface area contributed by atoms with Crippen molar-refractivity contribution in [2.24, 2.45) is 4.99 Å². The number of hydrogen-bond acceptors (Lipinski definition) is 4. The van der Waals surface area contributed by atoms with Gasteiger partial charge in [-0.3, -0.25) is 10.3 Å². The van der Waals surface area contributed by atoms with E-state index in [2.05, 4.69) is 15.3 Å². The van der Waals surface area contributed by atoms with E-state index in [0.29, 0.717) is 5.17 Å². The molecule has 1 aromatic carbocycles. The van der Waals surface area contributed by atoms with E-state index in [-0.39, 0.29) is 0 Å². The highest BCUT2D eigenvalue weighted by Crippen LogP contribution is 2.26. The molecule has 18 heavy (non-hydrogen) atoms. The molecule has 0 amide bonds. The Bertz CT molecular complexity index is 643. The summed E-state index contributed by atoms with van der Waals surface area (Å²) in [5, 5.41) is 12.8. The lowest BCUT2D eigenvalue weighted by Gasteiger charge is -2.05. The average Bonchev–Trinajstić information content (AvgIpc) is 2.38. The molecule has 0 aliphatic rings. The predicted molar refractivity (Wildman–Crippen MR) is 75.8 cm³/mol. The van der Waals surface area contributed by atoms with E-state index in [9.17, 15) is 0 Å². The van der Waals surface area contributed by atoms with E-state index < -0.39 is 0 Å². The summed E-state index contributed by atoms with van der Waals surface area (Å²) >= 11 is 1.40. The number of benzene rings is 1. The first-order valence-corrected chi connectivity index (χ1v) is 6.61. The van der Waals surface area contributed by atoms with Crippen molar-refractivity contribution in [1.82, 2.24) is 10.3 Å². The number of hydrogen-bond donors (Lipinski definition) is 1. The highest BCUT2D eigenvalue weighted by atomic mass is 32.2. The summed E-state index contributed by atoms with van der Waals surface area (Å²) in [6.07, 6.45) is 3.76. The van der Waals surface area contributed by atoms with Gasteiger partial charge in [0.2, 0.25) is 0 Å². The molecule has 0 radical (unpaired) electrons. The molecule has 0 atom stereocenters. The normalized spacial score (nSPS) is 11.3. The van der Waals surface area contributed by atoms with Crippen molar-refractivity contribution in [3.05, 3.63) is 36.0 Å². The first-order chi connectivity index (χ1) is 8.74. The van der Waals surface area contributed by atoms with Crippen molar-refractivity contribution < 1.29 is 0 Å². The van der Waals surface area contributed by atoms with Gasteiger partial charge in [-0.15, -0.1) is 0 Å². The molecular formula is C13H12N4S. The zero-order valence-electron chi connectivity index (χ0n) is 10.1. The van der Waals surface area contributed by atoms with Crippen molar-refractivity contribution in [1.29, 1.82) is 5.26 Å². The summed E-state index contributed by atoms with van der Waals surface area (Å²) in [4.78, 5) is 8.92. The van der Waals surface area contributed by atoms with Gasteiger partial charge in [0, 0.05) is 11.1 Å². The van der Waals surface area contributed by atoms with Crippen LogP contribution in [0, 0.1) is 18.4 Å². The minimum Gasteiger partial charge on any atom is -0.271 e. The second-order valence-corrected chi connectivity index (χ2v) is 4.45. The molecule has 2 rings (SSSR count). The van der Waals surface area contributed by atoms with Crippen LogP contribution in [0.1, 0.15) is 5.69 Å². The topological polar surface area (TPSA) is 61.1 Å². The van der Waals surface area contributed by atoms with Gasteiger partial charge in [-0.05, 0) is 25.3 Å². The molecule has 0 unspecified atom stereocenters. The second kappa shape index (κ2) is 5.52. The molecule has 1 aromatic heterocycles. The SMILES string of the molecule is CSC(=Nc1cc(C)nc2ccccc12)NC#N. The predicted octanol–water partition coefficient (Wildman–Crippen LogP) is 2.96. The van der Waals surface area contributed by atoms with Crippen LogP contribution in [-0.4, -0.2) is 16.4 Å². The molecular weight excluding hydrogens is 244 g/mol. The van der Waals surface area contributed by atoms with Gasteiger partial charge in [-0.1, -0.05) is 30.0 Å². The number of nitriles is 1.